The van der Waals surface area contributed by atoms with E-state index in [1.54, 1.807) is 6.07 Å². The maximum Gasteiger partial charge on any atom is 0.188 e. The number of anilines is 1. The third-order valence-corrected chi connectivity index (χ3v) is 5.13. The van der Waals surface area contributed by atoms with Crippen LogP contribution < -0.4 is 16.0 Å². The van der Waals surface area contributed by atoms with Gasteiger partial charge in [-0.3, -0.25) is 9.89 Å². The summed E-state index contributed by atoms with van der Waals surface area (Å²) in [6.07, 6.45) is 1.98. The van der Waals surface area contributed by atoms with Crippen molar-refractivity contribution in [1.29, 1.82) is 0 Å². The van der Waals surface area contributed by atoms with Gasteiger partial charge in [0.15, 0.2) is 17.6 Å². The lowest BCUT2D eigenvalue weighted by Gasteiger charge is -2.26. The van der Waals surface area contributed by atoms with E-state index < -0.39 is 11.6 Å². The number of nitrogens with zero attached hydrogens (tertiary/aromatic N) is 3. The molecule has 150 valence electrons. The van der Waals surface area contributed by atoms with Crippen molar-refractivity contribution in [3.8, 4) is 0 Å². The number of aliphatic imine (C=N–C) groups is 1. The SMILES string of the molecule is NC(=NCC1CCN(c2ccc(F)c(F)c2)C1)NCCCN1CCOCC1. The molecule has 1 aromatic carbocycles. The molecule has 0 saturated carbocycles. The minimum atomic E-state index is -0.813. The lowest BCUT2D eigenvalue weighted by Crippen LogP contribution is -2.39. The second kappa shape index (κ2) is 9.85. The Morgan fingerprint density at radius 1 is 1.22 bits per heavy atom. The fourth-order valence-electron chi connectivity index (χ4n) is 3.53. The Bertz CT molecular complexity index is 637. The number of morpholine rings is 1. The van der Waals surface area contributed by atoms with Crippen LogP contribution in [0.1, 0.15) is 12.8 Å². The van der Waals surface area contributed by atoms with Gasteiger partial charge < -0.3 is 20.7 Å². The maximum absolute atomic E-state index is 13.4. The second-order valence-electron chi connectivity index (χ2n) is 7.16. The van der Waals surface area contributed by atoms with E-state index in [-0.39, 0.29) is 0 Å². The van der Waals surface area contributed by atoms with Crippen molar-refractivity contribution < 1.29 is 13.5 Å². The van der Waals surface area contributed by atoms with Gasteiger partial charge in [0.1, 0.15) is 0 Å². The van der Waals surface area contributed by atoms with Gasteiger partial charge >= 0.3 is 0 Å². The third kappa shape index (κ3) is 6.04. The quantitative estimate of drug-likeness (QED) is 0.425. The number of halogens is 2. The first-order chi connectivity index (χ1) is 13.1. The molecule has 0 amide bonds. The zero-order chi connectivity index (χ0) is 19.1. The predicted octanol–water partition coefficient (Wildman–Crippen LogP) is 1.42. The highest BCUT2D eigenvalue weighted by atomic mass is 19.2. The molecule has 27 heavy (non-hydrogen) atoms. The highest BCUT2D eigenvalue weighted by molar-refractivity contribution is 5.77. The molecule has 0 aromatic heterocycles. The number of hydrogen-bond donors (Lipinski definition) is 2. The third-order valence-electron chi connectivity index (χ3n) is 5.13. The average Bonchev–Trinajstić information content (AvgIpc) is 3.16. The molecule has 6 nitrogen and oxygen atoms in total. The highest BCUT2D eigenvalue weighted by Gasteiger charge is 2.23. The molecule has 0 aliphatic carbocycles. The van der Waals surface area contributed by atoms with Crippen molar-refractivity contribution in [3.05, 3.63) is 29.8 Å². The summed E-state index contributed by atoms with van der Waals surface area (Å²) in [5.74, 6) is -0.777. The number of benzene rings is 1. The first-order valence-electron chi connectivity index (χ1n) is 9.65. The van der Waals surface area contributed by atoms with Crippen molar-refractivity contribution >= 4 is 11.6 Å². The number of ether oxygens (including phenoxy) is 1. The molecular formula is C19H29F2N5O. The Balaban J connectivity index is 1.34. The molecule has 2 fully saturated rings. The smallest absolute Gasteiger partial charge is 0.188 e. The van der Waals surface area contributed by atoms with Crippen LogP contribution in [-0.2, 0) is 4.74 Å². The van der Waals surface area contributed by atoms with Crippen molar-refractivity contribution in [2.75, 3.05) is 63.9 Å². The van der Waals surface area contributed by atoms with Crippen molar-refractivity contribution in [2.45, 2.75) is 12.8 Å². The summed E-state index contributed by atoms with van der Waals surface area (Å²) in [4.78, 5) is 8.90. The van der Waals surface area contributed by atoms with Crippen LogP contribution in [0.2, 0.25) is 0 Å². The van der Waals surface area contributed by atoms with Crippen LogP contribution in [0.25, 0.3) is 0 Å². The molecular weight excluding hydrogens is 352 g/mol. The molecule has 2 aliphatic heterocycles. The lowest BCUT2D eigenvalue weighted by atomic mass is 10.1. The van der Waals surface area contributed by atoms with E-state index in [2.05, 4.69) is 20.1 Å². The minimum absolute atomic E-state index is 0.367. The summed E-state index contributed by atoms with van der Waals surface area (Å²) in [6, 6.07) is 4.05. The summed E-state index contributed by atoms with van der Waals surface area (Å²) >= 11 is 0. The van der Waals surface area contributed by atoms with Crippen LogP contribution >= 0.6 is 0 Å². The van der Waals surface area contributed by atoms with Gasteiger partial charge in [0.2, 0.25) is 0 Å². The van der Waals surface area contributed by atoms with Crippen molar-refractivity contribution in [1.82, 2.24) is 10.2 Å². The fourth-order valence-corrected chi connectivity index (χ4v) is 3.53. The largest absolute Gasteiger partial charge is 0.379 e. The molecule has 3 rings (SSSR count). The Labute approximate surface area is 159 Å². The van der Waals surface area contributed by atoms with E-state index in [0.29, 0.717) is 18.4 Å². The molecule has 1 aromatic rings. The van der Waals surface area contributed by atoms with Crippen LogP contribution in [0.5, 0.6) is 0 Å². The molecule has 0 spiro atoms. The first kappa shape index (κ1) is 19.8. The van der Waals surface area contributed by atoms with E-state index in [4.69, 9.17) is 10.5 Å². The van der Waals surface area contributed by atoms with E-state index in [1.807, 2.05) is 0 Å². The van der Waals surface area contributed by atoms with Gasteiger partial charge in [-0.05, 0) is 37.4 Å². The molecule has 0 radical (unpaired) electrons. The van der Waals surface area contributed by atoms with Gasteiger partial charge in [0.05, 0.1) is 13.2 Å². The summed E-state index contributed by atoms with van der Waals surface area (Å²) < 4.78 is 31.8. The number of nitrogens with two attached hydrogens (primary N) is 1. The van der Waals surface area contributed by atoms with Gasteiger partial charge in [-0.25, -0.2) is 8.78 Å². The van der Waals surface area contributed by atoms with E-state index in [1.165, 1.54) is 12.1 Å². The number of rotatable bonds is 7. The van der Waals surface area contributed by atoms with Gasteiger partial charge in [-0.2, -0.15) is 0 Å². The van der Waals surface area contributed by atoms with E-state index in [9.17, 15) is 8.78 Å². The summed E-state index contributed by atoms with van der Waals surface area (Å²) in [5, 5.41) is 3.17. The Hall–Kier alpha value is -1.93. The van der Waals surface area contributed by atoms with Crippen LogP contribution in [-0.4, -0.2) is 69.9 Å². The molecule has 8 heteroatoms. The van der Waals surface area contributed by atoms with Crippen LogP contribution in [0, 0.1) is 17.6 Å². The average molecular weight is 381 g/mol. The first-order valence-corrected chi connectivity index (χ1v) is 9.65. The topological polar surface area (TPSA) is 66.1 Å². The van der Waals surface area contributed by atoms with Crippen LogP contribution in [0.15, 0.2) is 23.2 Å². The Morgan fingerprint density at radius 3 is 2.81 bits per heavy atom. The van der Waals surface area contributed by atoms with E-state index >= 15 is 0 Å². The summed E-state index contributed by atoms with van der Waals surface area (Å²) in [7, 11) is 0. The fraction of sp³-hybridized carbons (Fsp3) is 0.632. The number of nitrogens with one attached hydrogen (secondary N) is 1. The highest BCUT2D eigenvalue weighted by Crippen LogP contribution is 2.25. The van der Waals surface area contributed by atoms with Gasteiger partial charge in [0.25, 0.3) is 0 Å². The van der Waals surface area contributed by atoms with Crippen molar-refractivity contribution in [3.63, 3.8) is 0 Å². The summed E-state index contributed by atoms with van der Waals surface area (Å²) in [5.41, 5.74) is 6.67. The normalized spacial score (nSPS) is 21.6. The zero-order valence-corrected chi connectivity index (χ0v) is 15.7. The molecule has 2 aliphatic rings. The molecule has 1 unspecified atom stereocenters. The molecule has 2 heterocycles. The molecule has 3 N–H and O–H groups in total. The number of guanidine groups is 1. The Morgan fingerprint density at radius 2 is 2.04 bits per heavy atom. The molecule has 2 saturated heterocycles. The monoisotopic (exact) mass is 381 g/mol. The molecule has 1 atom stereocenters. The molecule has 0 bridgehead atoms. The minimum Gasteiger partial charge on any atom is -0.379 e. The lowest BCUT2D eigenvalue weighted by molar-refractivity contribution is 0.0376. The summed E-state index contributed by atoms with van der Waals surface area (Å²) in [6.45, 7) is 7.71. The van der Waals surface area contributed by atoms with Gasteiger partial charge in [-0.15, -0.1) is 0 Å². The Kier molecular flexibility index (Phi) is 7.23. The van der Waals surface area contributed by atoms with Crippen LogP contribution in [0.3, 0.4) is 0 Å². The van der Waals surface area contributed by atoms with Crippen molar-refractivity contribution in [2.24, 2.45) is 16.6 Å². The number of hydrogen-bond acceptors (Lipinski definition) is 4. The van der Waals surface area contributed by atoms with Crippen LogP contribution in [0.4, 0.5) is 14.5 Å². The maximum atomic E-state index is 13.4. The van der Waals surface area contributed by atoms with Gasteiger partial charge in [0, 0.05) is 51.0 Å². The second-order valence-corrected chi connectivity index (χ2v) is 7.16. The zero-order valence-electron chi connectivity index (χ0n) is 15.7. The van der Waals surface area contributed by atoms with Gasteiger partial charge in [-0.1, -0.05) is 0 Å². The standard InChI is InChI=1S/C19H29F2N5O/c20-17-3-2-16(12-18(17)21)26-7-4-15(14-26)13-24-19(22)23-5-1-6-25-8-10-27-11-9-25/h2-3,12,15H,1,4-11,13-14H2,(H3,22,23,24). The predicted molar refractivity (Wildman–Crippen MR) is 103 cm³/mol. The van der Waals surface area contributed by atoms with E-state index in [0.717, 1.165) is 71.0 Å².